The maximum Gasteiger partial charge on any atom is 0.257 e. The summed E-state index contributed by atoms with van der Waals surface area (Å²) in [6, 6.07) is 10.2. The molecule has 0 bridgehead atoms. The van der Waals surface area contributed by atoms with E-state index in [2.05, 4.69) is 20.8 Å². The average molecular weight is 479 g/mol. The number of aryl methyl sites for hydroxylation is 1. The molecule has 162 valence electrons. The summed E-state index contributed by atoms with van der Waals surface area (Å²) in [5, 5.41) is 14.3. The van der Waals surface area contributed by atoms with Gasteiger partial charge in [-0.05, 0) is 36.8 Å². The number of carbonyl (C=O) groups is 2. The Bertz CT molecular complexity index is 1080. The van der Waals surface area contributed by atoms with Crippen LogP contribution in [0.15, 0.2) is 40.7 Å². The molecule has 31 heavy (non-hydrogen) atoms. The number of rotatable bonds is 8. The first-order valence-electron chi connectivity index (χ1n) is 8.94. The van der Waals surface area contributed by atoms with Gasteiger partial charge in [-0.15, -0.1) is 10.2 Å². The molecule has 2 N–H and O–H groups in total. The third kappa shape index (κ3) is 6.33. The number of anilines is 2. The quantitative estimate of drug-likeness (QED) is 0.363. The fraction of sp³-hybridized carbons (Fsp3) is 0.200. The van der Waals surface area contributed by atoms with Crippen LogP contribution < -0.4 is 20.1 Å². The lowest BCUT2D eigenvalue weighted by Crippen LogP contribution is -2.13. The Morgan fingerprint density at radius 2 is 1.77 bits per heavy atom. The second-order valence-corrected chi connectivity index (χ2v) is 8.84. The van der Waals surface area contributed by atoms with E-state index in [0.717, 1.165) is 5.56 Å². The number of carbonyl (C=O) groups excluding carboxylic acids is 2. The number of amides is 2. The van der Waals surface area contributed by atoms with Crippen molar-refractivity contribution >= 4 is 57.3 Å². The Labute approximate surface area is 192 Å². The topological polar surface area (TPSA) is 102 Å². The van der Waals surface area contributed by atoms with Gasteiger partial charge in [-0.25, -0.2) is 0 Å². The summed E-state index contributed by atoms with van der Waals surface area (Å²) >= 11 is 8.46. The number of hydrogen-bond donors (Lipinski definition) is 2. The van der Waals surface area contributed by atoms with Crippen molar-refractivity contribution in [3.05, 3.63) is 52.5 Å². The molecule has 1 aromatic heterocycles. The molecule has 0 atom stereocenters. The summed E-state index contributed by atoms with van der Waals surface area (Å²) in [6.07, 6.45) is 0. The van der Waals surface area contributed by atoms with Crippen molar-refractivity contribution in [2.24, 2.45) is 0 Å². The highest BCUT2D eigenvalue weighted by Gasteiger charge is 2.14. The zero-order chi connectivity index (χ0) is 22.4. The number of halogens is 1. The minimum atomic E-state index is -0.376. The SMILES string of the molecule is COc1cc(OC)cc(C(=O)Nc2nnc(SCC(=O)Nc3ccc(C)c(Cl)c3)s2)c1. The first kappa shape index (κ1) is 22.9. The van der Waals surface area contributed by atoms with Gasteiger partial charge in [0.1, 0.15) is 11.5 Å². The maximum atomic E-state index is 12.5. The van der Waals surface area contributed by atoms with Gasteiger partial charge in [-0.2, -0.15) is 0 Å². The summed E-state index contributed by atoms with van der Waals surface area (Å²) in [5.41, 5.74) is 1.92. The van der Waals surface area contributed by atoms with Gasteiger partial charge in [0.2, 0.25) is 11.0 Å². The molecule has 8 nitrogen and oxygen atoms in total. The number of methoxy groups -OCH3 is 2. The zero-order valence-corrected chi connectivity index (χ0v) is 19.3. The molecule has 0 aliphatic rings. The Kier molecular flexibility index (Phi) is 7.72. The summed E-state index contributed by atoms with van der Waals surface area (Å²) in [7, 11) is 3.02. The van der Waals surface area contributed by atoms with E-state index >= 15 is 0 Å². The molecule has 2 amide bonds. The Hall–Kier alpha value is -2.82. The number of thioether (sulfide) groups is 1. The van der Waals surface area contributed by atoms with Gasteiger partial charge in [0.05, 0.1) is 20.0 Å². The predicted octanol–water partition coefficient (Wildman–Crippen LogP) is 4.50. The molecule has 0 saturated heterocycles. The highest BCUT2D eigenvalue weighted by molar-refractivity contribution is 8.01. The van der Waals surface area contributed by atoms with Crippen LogP contribution in [0.2, 0.25) is 5.02 Å². The third-order valence-electron chi connectivity index (χ3n) is 4.02. The first-order valence-corrected chi connectivity index (χ1v) is 11.1. The van der Waals surface area contributed by atoms with E-state index < -0.39 is 0 Å². The van der Waals surface area contributed by atoms with Crippen molar-refractivity contribution in [3.8, 4) is 11.5 Å². The van der Waals surface area contributed by atoms with Crippen LogP contribution in [0.4, 0.5) is 10.8 Å². The number of hydrogen-bond acceptors (Lipinski definition) is 8. The molecule has 11 heteroatoms. The smallest absolute Gasteiger partial charge is 0.257 e. The van der Waals surface area contributed by atoms with Crippen molar-refractivity contribution in [1.82, 2.24) is 10.2 Å². The van der Waals surface area contributed by atoms with E-state index in [1.807, 2.05) is 13.0 Å². The molecule has 0 unspecified atom stereocenters. The molecule has 0 fully saturated rings. The minimum absolute atomic E-state index is 0.140. The molecular weight excluding hydrogens is 460 g/mol. The molecule has 0 spiro atoms. The Morgan fingerprint density at radius 3 is 2.42 bits per heavy atom. The van der Waals surface area contributed by atoms with Gasteiger partial charge in [-0.1, -0.05) is 40.8 Å². The molecule has 3 aromatic rings. The average Bonchev–Trinajstić information content (AvgIpc) is 3.21. The molecule has 2 aromatic carbocycles. The number of aromatic nitrogens is 2. The van der Waals surface area contributed by atoms with Crippen LogP contribution in [0.1, 0.15) is 15.9 Å². The van der Waals surface area contributed by atoms with Gasteiger partial charge < -0.3 is 14.8 Å². The van der Waals surface area contributed by atoms with Gasteiger partial charge >= 0.3 is 0 Å². The van der Waals surface area contributed by atoms with Gasteiger partial charge in [-0.3, -0.25) is 14.9 Å². The van der Waals surface area contributed by atoms with Crippen molar-refractivity contribution < 1.29 is 19.1 Å². The van der Waals surface area contributed by atoms with Crippen LogP contribution in [0.25, 0.3) is 0 Å². The van der Waals surface area contributed by atoms with Crippen molar-refractivity contribution in [1.29, 1.82) is 0 Å². The molecule has 3 rings (SSSR count). The van der Waals surface area contributed by atoms with Crippen molar-refractivity contribution in [2.75, 3.05) is 30.6 Å². The van der Waals surface area contributed by atoms with Gasteiger partial charge in [0.25, 0.3) is 5.91 Å². The number of nitrogens with one attached hydrogen (secondary N) is 2. The van der Waals surface area contributed by atoms with Crippen LogP contribution in [-0.2, 0) is 4.79 Å². The molecule has 0 aliphatic heterocycles. The van der Waals surface area contributed by atoms with Crippen LogP contribution in [-0.4, -0.2) is 42.0 Å². The number of nitrogens with zero attached hydrogens (tertiary/aromatic N) is 2. The largest absolute Gasteiger partial charge is 0.497 e. The van der Waals surface area contributed by atoms with Crippen LogP contribution in [0, 0.1) is 6.92 Å². The maximum absolute atomic E-state index is 12.5. The van der Waals surface area contributed by atoms with Crippen LogP contribution >= 0.6 is 34.7 Å². The Balaban J connectivity index is 1.56. The normalized spacial score (nSPS) is 10.5. The summed E-state index contributed by atoms with van der Waals surface area (Å²) < 4.78 is 10.9. The zero-order valence-electron chi connectivity index (χ0n) is 16.9. The van der Waals surface area contributed by atoms with Crippen LogP contribution in [0.5, 0.6) is 11.5 Å². The molecule has 0 aliphatic carbocycles. The highest BCUT2D eigenvalue weighted by Crippen LogP contribution is 2.28. The molecule has 1 heterocycles. The van der Waals surface area contributed by atoms with E-state index in [1.54, 1.807) is 30.3 Å². The standard InChI is InChI=1S/C20H19ClN4O4S2/c1-11-4-5-13(8-16(11)21)22-17(26)10-30-20-25-24-19(31-20)23-18(27)12-6-14(28-2)9-15(7-12)29-3/h4-9H,10H2,1-3H3,(H,22,26)(H,23,24,27). The lowest BCUT2D eigenvalue weighted by atomic mass is 10.2. The second kappa shape index (κ2) is 10.5. The summed E-state index contributed by atoms with van der Waals surface area (Å²) in [4.78, 5) is 24.7. The van der Waals surface area contributed by atoms with E-state index in [9.17, 15) is 9.59 Å². The summed E-state index contributed by atoms with van der Waals surface area (Å²) in [5.74, 6) is 0.562. The number of ether oxygens (including phenoxy) is 2. The van der Waals surface area contributed by atoms with E-state index in [0.29, 0.717) is 37.2 Å². The Morgan fingerprint density at radius 1 is 1.06 bits per heavy atom. The minimum Gasteiger partial charge on any atom is -0.497 e. The lowest BCUT2D eigenvalue weighted by molar-refractivity contribution is -0.113. The predicted molar refractivity (Wildman–Crippen MR) is 123 cm³/mol. The van der Waals surface area contributed by atoms with Gasteiger partial charge in [0, 0.05) is 22.3 Å². The van der Waals surface area contributed by atoms with Crippen molar-refractivity contribution in [2.45, 2.75) is 11.3 Å². The van der Waals surface area contributed by atoms with E-state index in [4.69, 9.17) is 21.1 Å². The monoisotopic (exact) mass is 478 g/mol. The third-order valence-corrected chi connectivity index (χ3v) is 6.40. The number of benzene rings is 2. The fourth-order valence-corrected chi connectivity index (χ4v) is 4.15. The summed E-state index contributed by atoms with van der Waals surface area (Å²) in [6.45, 7) is 1.89. The molecule has 0 radical (unpaired) electrons. The van der Waals surface area contributed by atoms with E-state index in [1.165, 1.54) is 37.3 Å². The van der Waals surface area contributed by atoms with E-state index in [-0.39, 0.29) is 17.6 Å². The van der Waals surface area contributed by atoms with Crippen LogP contribution in [0.3, 0.4) is 0 Å². The van der Waals surface area contributed by atoms with Crippen molar-refractivity contribution in [3.63, 3.8) is 0 Å². The van der Waals surface area contributed by atoms with Gasteiger partial charge in [0.15, 0.2) is 4.34 Å². The first-order chi connectivity index (χ1) is 14.9. The molecule has 0 saturated carbocycles. The fourth-order valence-electron chi connectivity index (χ4n) is 2.42. The second-order valence-electron chi connectivity index (χ2n) is 6.23. The molecular formula is C20H19ClN4O4S2. The lowest BCUT2D eigenvalue weighted by Gasteiger charge is -2.07. The highest BCUT2D eigenvalue weighted by atomic mass is 35.5.